The predicted octanol–water partition coefficient (Wildman–Crippen LogP) is 3.49. The lowest BCUT2D eigenvalue weighted by Crippen LogP contribution is -2.54. The van der Waals surface area contributed by atoms with E-state index in [1.54, 1.807) is 7.11 Å². The van der Waals surface area contributed by atoms with Crippen LogP contribution >= 0.6 is 0 Å². The highest BCUT2D eigenvalue weighted by atomic mass is 16.5. The van der Waals surface area contributed by atoms with Gasteiger partial charge in [0.05, 0.1) is 13.2 Å². The zero-order valence-electron chi connectivity index (χ0n) is 19.5. The third-order valence-electron chi connectivity index (χ3n) is 6.59. The SMILES string of the molecule is COCCCOC(c1ccccc1)[C@H]1CN(C(=O)N[C@H](CN)CC2CCCCC2)CCO1. The molecule has 1 saturated heterocycles. The molecule has 1 aromatic carbocycles. The summed E-state index contributed by atoms with van der Waals surface area (Å²) in [6.45, 7) is 3.29. The number of carbonyl (C=O) groups is 1. The molecule has 1 aromatic rings. The van der Waals surface area contributed by atoms with Gasteiger partial charge in [-0.3, -0.25) is 0 Å². The van der Waals surface area contributed by atoms with Crippen LogP contribution in [0, 0.1) is 5.92 Å². The molecule has 0 radical (unpaired) electrons. The minimum Gasteiger partial charge on any atom is -0.385 e. The van der Waals surface area contributed by atoms with Gasteiger partial charge in [0.2, 0.25) is 0 Å². The minimum atomic E-state index is -0.226. The van der Waals surface area contributed by atoms with Crippen LogP contribution in [0.5, 0.6) is 0 Å². The number of urea groups is 1. The number of amides is 2. The fraction of sp³-hybridized carbons (Fsp3) is 0.720. The van der Waals surface area contributed by atoms with Crippen molar-refractivity contribution in [1.82, 2.24) is 10.2 Å². The monoisotopic (exact) mass is 447 g/mol. The molecular weight excluding hydrogens is 406 g/mol. The second-order valence-corrected chi connectivity index (χ2v) is 9.03. The Labute approximate surface area is 193 Å². The first-order valence-electron chi connectivity index (χ1n) is 12.2. The maximum Gasteiger partial charge on any atom is 0.317 e. The molecule has 7 heteroatoms. The van der Waals surface area contributed by atoms with E-state index in [9.17, 15) is 4.79 Å². The predicted molar refractivity (Wildman–Crippen MR) is 126 cm³/mol. The van der Waals surface area contributed by atoms with E-state index < -0.39 is 0 Å². The normalized spacial score (nSPS) is 21.8. The summed E-state index contributed by atoms with van der Waals surface area (Å²) < 4.78 is 17.4. The number of nitrogens with two attached hydrogens (primary N) is 1. The fourth-order valence-electron chi connectivity index (χ4n) is 4.82. The van der Waals surface area contributed by atoms with E-state index in [2.05, 4.69) is 17.4 Å². The molecule has 3 atom stereocenters. The van der Waals surface area contributed by atoms with E-state index in [1.807, 2.05) is 23.1 Å². The van der Waals surface area contributed by atoms with Crippen molar-refractivity contribution in [2.45, 2.75) is 63.2 Å². The summed E-state index contributed by atoms with van der Waals surface area (Å²) in [4.78, 5) is 14.9. The maximum absolute atomic E-state index is 13.1. The number of benzene rings is 1. The fourth-order valence-corrected chi connectivity index (χ4v) is 4.82. The Kier molecular flexibility index (Phi) is 10.8. The Bertz CT molecular complexity index is 654. The van der Waals surface area contributed by atoms with Gasteiger partial charge in [-0.05, 0) is 24.3 Å². The molecule has 0 spiro atoms. The lowest BCUT2D eigenvalue weighted by Gasteiger charge is -2.38. The molecule has 3 rings (SSSR count). The van der Waals surface area contributed by atoms with Crippen molar-refractivity contribution >= 4 is 6.03 Å². The highest BCUT2D eigenvalue weighted by Gasteiger charge is 2.33. The van der Waals surface area contributed by atoms with Crippen LogP contribution in [0.2, 0.25) is 0 Å². The molecule has 2 fully saturated rings. The quantitative estimate of drug-likeness (QED) is 0.507. The highest BCUT2D eigenvalue weighted by molar-refractivity contribution is 5.74. The van der Waals surface area contributed by atoms with Crippen LogP contribution in [0.3, 0.4) is 0 Å². The average molecular weight is 448 g/mol. The van der Waals surface area contributed by atoms with Gasteiger partial charge in [0.1, 0.15) is 12.2 Å². The van der Waals surface area contributed by atoms with Crippen LogP contribution < -0.4 is 11.1 Å². The van der Waals surface area contributed by atoms with Crippen LogP contribution in [0.4, 0.5) is 4.79 Å². The number of nitrogens with zero attached hydrogens (tertiary/aromatic N) is 1. The molecule has 0 bridgehead atoms. The van der Waals surface area contributed by atoms with Gasteiger partial charge in [0.25, 0.3) is 0 Å². The average Bonchev–Trinajstić information content (AvgIpc) is 2.85. The van der Waals surface area contributed by atoms with E-state index in [4.69, 9.17) is 19.9 Å². The van der Waals surface area contributed by atoms with E-state index in [0.717, 1.165) is 18.4 Å². The number of hydrogen-bond acceptors (Lipinski definition) is 5. The lowest BCUT2D eigenvalue weighted by atomic mass is 9.85. The first-order chi connectivity index (χ1) is 15.7. The number of hydrogen-bond donors (Lipinski definition) is 2. The number of rotatable bonds is 11. The summed E-state index contributed by atoms with van der Waals surface area (Å²) in [5.41, 5.74) is 7.07. The number of ether oxygens (including phenoxy) is 3. The van der Waals surface area contributed by atoms with E-state index in [-0.39, 0.29) is 24.3 Å². The third kappa shape index (κ3) is 7.73. The molecule has 2 amide bonds. The van der Waals surface area contributed by atoms with Crippen molar-refractivity contribution in [2.75, 3.05) is 46.6 Å². The molecule has 2 aliphatic rings. The minimum absolute atomic E-state index is 0.0297. The summed E-state index contributed by atoms with van der Waals surface area (Å²) in [5.74, 6) is 0.679. The second kappa shape index (κ2) is 13.8. The Morgan fingerprint density at radius 3 is 2.72 bits per heavy atom. The van der Waals surface area contributed by atoms with Gasteiger partial charge in [-0.25, -0.2) is 4.79 Å². The third-order valence-corrected chi connectivity index (χ3v) is 6.59. The molecule has 32 heavy (non-hydrogen) atoms. The molecule has 1 saturated carbocycles. The molecule has 7 nitrogen and oxygen atoms in total. The zero-order chi connectivity index (χ0) is 22.6. The van der Waals surface area contributed by atoms with Crippen molar-refractivity contribution in [3.63, 3.8) is 0 Å². The van der Waals surface area contributed by atoms with Crippen molar-refractivity contribution in [3.05, 3.63) is 35.9 Å². The molecule has 180 valence electrons. The zero-order valence-corrected chi connectivity index (χ0v) is 19.5. The number of morpholine rings is 1. The molecule has 1 heterocycles. The first kappa shape index (κ1) is 25.0. The Morgan fingerprint density at radius 1 is 1.22 bits per heavy atom. The lowest BCUT2D eigenvalue weighted by molar-refractivity contribution is -0.107. The Hall–Kier alpha value is -1.67. The molecule has 0 aromatic heterocycles. The second-order valence-electron chi connectivity index (χ2n) is 9.03. The van der Waals surface area contributed by atoms with Crippen LogP contribution in [0.1, 0.15) is 56.6 Å². The first-order valence-corrected chi connectivity index (χ1v) is 12.2. The van der Waals surface area contributed by atoms with E-state index in [1.165, 1.54) is 32.1 Å². The maximum atomic E-state index is 13.1. The van der Waals surface area contributed by atoms with Crippen molar-refractivity contribution in [3.8, 4) is 0 Å². The summed E-state index contributed by atoms with van der Waals surface area (Å²) >= 11 is 0. The number of methoxy groups -OCH3 is 1. The van der Waals surface area contributed by atoms with Crippen molar-refractivity contribution in [1.29, 1.82) is 0 Å². The largest absolute Gasteiger partial charge is 0.385 e. The number of carbonyl (C=O) groups excluding carboxylic acids is 1. The highest BCUT2D eigenvalue weighted by Crippen LogP contribution is 2.28. The van der Waals surface area contributed by atoms with Crippen LogP contribution in [0.15, 0.2) is 30.3 Å². The topological polar surface area (TPSA) is 86.1 Å². The summed E-state index contributed by atoms with van der Waals surface area (Å²) in [5, 5.41) is 3.19. The van der Waals surface area contributed by atoms with E-state index in [0.29, 0.717) is 45.4 Å². The van der Waals surface area contributed by atoms with E-state index >= 15 is 0 Å². The van der Waals surface area contributed by atoms with Gasteiger partial charge in [0.15, 0.2) is 0 Å². The Morgan fingerprint density at radius 2 is 2.00 bits per heavy atom. The molecule has 1 unspecified atom stereocenters. The molecular formula is C25H41N3O4. The molecule has 3 N–H and O–H groups in total. The van der Waals surface area contributed by atoms with Gasteiger partial charge >= 0.3 is 6.03 Å². The van der Waals surface area contributed by atoms with Crippen LogP contribution in [-0.2, 0) is 14.2 Å². The summed E-state index contributed by atoms with van der Waals surface area (Å²) in [6.07, 6.45) is 7.79. The standard InChI is InChI=1S/C25H41N3O4/c1-30-14-8-15-32-24(21-11-6-3-7-12-21)23-19-28(13-16-31-23)25(29)27-22(18-26)17-20-9-4-2-5-10-20/h3,6-7,11-12,20,22-24H,2,4-5,8-10,13-19,26H2,1H3,(H,27,29)/t22-,23+,24?/m0/s1. The summed E-state index contributed by atoms with van der Waals surface area (Å²) in [6, 6.07) is 10.1. The van der Waals surface area contributed by atoms with Crippen LogP contribution in [-0.4, -0.2) is 69.6 Å². The van der Waals surface area contributed by atoms with Crippen molar-refractivity contribution in [2.24, 2.45) is 11.7 Å². The smallest absolute Gasteiger partial charge is 0.317 e. The van der Waals surface area contributed by atoms with Gasteiger partial charge in [0, 0.05) is 39.5 Å². The molecule has 1 aliphatic carbocycles. The van der Waals surface area contributed by atoms with Gasteiger partial charge in [-0.15, -0.1) is 0 Å². The number of nitrogens with one attached hydrogen (secondary N) is 1. The van der Waals surface area contributed by atoms with Gasteiger partial charge in [-0.1, -0.05) is 62.4 Å². The van der Waals surface area contributed by atoms with Crippen molar-refractivity contribution < 1.29 is 19.0 Å². The molecule has 1 aliphatic heterocycles. The van der Waals surface area contributed by atoms with Crippen LogP contribution in [0.25, 0.3) is 0 Å². The van der Waals surface area contributed by atoms with Gasteiger partial charge < -0.3 is 30.2 Å². The van der Waals surface area contributed by atoms with Gasteiger partial charge in [-0.2, -0.15) is 0 Å². The Balaban J connectivity index is 1.57. The summed E-state index contributed by atoms with van der Waals surface area (Å²) in [7, 11) is 1.69.